The van der Waals surface area contributed by atoms with Crippen LogP contribution in [0.15, 0.2) is 49.2 Å². The molecule has 0 saturated carbocycles. The molecular formula is C22H22N8O2. The fraction of sp³-hybridized carbons (Fsp3) is 0.273. The van der Waals surface area contributed by atoms with Gasteiger partial charge in [0.25, 0.3) is 5.91 Å². The van der Waals surface area contributed by atoms with Crippen LogP contribution in [0.4, 0.5) is 5.82 Å². The molecule has 32 heavy (non-hydrogen) atoms. The number of carbonyl (C=O) groups is 1. The second-order valence-electron chi connectivity index (χ2n) is 7.77. The Bertz CT molecular complexity index is 1280. The van der Waals surface area contributed by atoms with Crippen LogP contribution >= 0.6 is 0 Å². The highest BCUT2D eigenvalue weighted by molar-refractivity contribution is 6.05. The standard InChI is InChI=1S/C22H22N8O2/c1-14-10-25-30(12-14)16-9-17-21(31)27-19-7-3-6-18(26-19)20-28-24-13-29(20)15(2)5-4-8-32-22(17)23-11-16/h3,6-7,9-13,15H,4-5,8H2,1-2H3,(H,26,27,31)/t15-/m0/s1. The summed E-state index contributed by atoms with van der Waals surface area (Å²) in [4.78, 5) is 22.2. The lowest BCUT2D eigenvalue weighted by atomic mass is 10.1. The number of amides is 1. The van der Waals surface area contributed by atoms with Gasteiger partial charge in [0.15, 0.2) is 5.82 Å². The molecule has 1 atom stereocenters. The van der Waals surface area contributed by atoms with Crippen molar-refractivity contribution in [3.8, 4) is 23.1 Å². The van der Waals surface area contributed by atoms with Crippen molar-refractivity contribution >= 4 is 11.7 Å². The van der Waals surface area contributed by atoms with Crippen LogP contribution in [-0.2, 0) is 0 Å². The van der Waals surface area contributed by atoms with Crippen molar-refractivity contribution in [1.82, 2.24) is 34.5 Å². The molecule has 1 amide bonds. The SMILES string of the molecule is Cc1cnn(-c2cnc3c(c2)C(=O)Nc2cccc(n2)-c2nncn2[C@@H](C)CCCO3)c1. The molecule has 0 aliphatic carbocycles. The normalized spacial score (nSPS) is 16.3. The Morgan fingerprint density at radius 2 is 2.16 bits per heavy atom. The second kappa shape index (κ2) is 8.22. The highest BCUT2D eigenvalue weighted by atomic mass is 16.5. The Labute approximate surface area is 184 Å². The first-order chi connectivity index (χ1) is 15.6. The number of aromatic nitrogens is 7. The lowest BCUT2D eigenvalue weighted by Crippen LogP contribution is -2.17. The molecule has 10 nitrogen and oxygen atoms in total. The quantitative estimate of drug-likeness (QED) is 0.493. The molecule has 2 bridgehead atoms. The van der Waals surface area contributed by atoms with Gasteiger partial charge in [0.05, 0.1) is 24.7 Å². The molecule has 1 aliphatic heterocycles. The molecule has 0 radical (unpaired) electrons. The van der Waals surface area contributed by atoms with Crippen molar-refractivity contribution in [2.75, 3.05) is 11.9 Å². The summed E-state index contributed by atoms with van der Waals surface area (Å²) in [6.45, 7) is 4.49. The predicted molar refractivity (Wildman–Crippen MR) is 117 cm³/mol. The summed E-state index contributed by atoms with van der Waals surface area (Å²) in [6, 6.07) is 7.28. The molecule has 0 aromatic carbocycles. The Kier molecular flexibility index (Phi) is 5.10. The lowest BCUT2D eigenvalue weighted by Gasteiger charge is -2.17. The Morgan fingerprint density at radius 1 is 1.25 bits per heavy atom. The third kappa shape index (κ3) is 3.82. The summed E-state index contributed by atoms with van der Waals surface area (Å²) in [7, 11) is 0. The molecule has 162 valence electrons. The van der Waals surface area contributed by atoms with Crippen molar-refractivity contribution < 1.29 is 9.53 Å². The Morgan fingerprint density at radius 3 is 3.00 bits per heavy atom. The van der Waals surface area contributed by atoms with Gasteiger partial charge in [-0.25, -0.2) is 14.6 Å². The van der Waals surface area contributed by atoms with E-state index < -0.39 is 0 Å². The number of ether oxygens (including phenoxy) is 1. The topological polar surface area (TPSA) is 113 Å². The molecule has 0 fully saturated rings. The van der Waals surface area contributed by atoms with Crippen LogP contribution < -0.4 is 10.1 Å². The highest BCUT2D eigenvalue weighted by Crippen LogP contribution is 2.25. The first-order valence-electron chi connectivity index (χ1n) is 10.4. The average Bonchev–Trinajstić information content (AvgIpc) is 3.45. The molecule has 5 rings (SSSR count). The number of nitrogens with one attached hydrogen (secondary N) is 1. The van der Waals surface area contributed by atoms with E-state index in [2.05, 4.69) is 37.5 Å². The van der Waals surface area contributed by atoms with Crippen LogP contribution in [0.2, 0.25) is 0 Å². The third-order valence-electron chi connectivity index (χ3n) is 5.33. The van der Waals surface area contributed by atoms with E-state index in [0.717, 1.165) is 18.4 Å². The molecule has 0 unspecified atom stereocenters. The van der Waals surface area contributed by atoms with Gasteiger partial charge in [-0.1, -0.05) is 6.07 Å². The van der Waals surface area contributed by atoms with Gasteiger partial charge in [0, 0.05) is 12.2 Å². The number of hydrogen-bond donors (Lipinski definition) is 1. The maximum absolute atomic E-state index is 13.2. The minimum atomic E-state index is -0.366. The van der Waals surface area contributed by atoms with Crippen LogP contribution in [-0.4, -0.2) is 47.0 Å². The smallest absolute Gasteiger partial charge is 0.262 e. The number of nitrogens with zero attached hydrogens (tertiary/aromatic N) is 7. The van der Waals surface area contributed by atoms with Gasteiger partial charge >= 0.3 is 0 Å². The van der Waals surface area contributed by atoms with E-state index in [1.807, 2.05) is 29.8 Å². The number of fused-ring (bicyclic) bond motifs is 5. The molecule has 10 heteroatoms. The lowest BCUT2D eigenvalue weighted by molar-refractivity contribution is 0.102. The molecule has 1 N–H and O–H groups in total. The van der Waals surface area contributed by atoms with Gasteiger partial charge in [-0.3, -0.25) is 4.79 Å². The fourth-order valence-corrected chi connectivity index (χ4v) is 3.65. The second-order valence-corrected chi connectivity index (χ2v) is 7.77. The summed E-state index contributed by atoms with van der Waals surface area (Å²) < 4.78 is 9.57. The maximum Gasteiger partial charge on any atom is 0.262 e. The molecule has 5 heterocycles. The largest absolute Gasteiger partial charge is 0.477 e. The van der Waals surface area contributed by atoms with Crippen LogP contribution in [0.3, 0.4) is 0 Å². The van der Waals surface area contributed by atoms with Crippen molar-refractivity contribution in [3.63, 3.8) is 0 Å². The summed E-state index contributed by atoms with van der Waals surface area (Å²) in [5, 5.41) is 15.5. The zero-order chi connectivity index (χ0) is 22.1. The number of rotatable bonds is 1. The van der Waals surface area contributed by atoms with Gasteiger partial charge in [-0.15, -0.1) is 10.2 Å². The number of anilines is 1. The average molecular weight is 430 g/mol. The molecule has 4 aromatic rings. The van der Waals surface area contributed by atoms with E-state index in [1.165, 1.54) is 0 Å². The van der Waals surface area contributed by atoms with E-state index in [-0.39, 0.29) is 17.8 Å². The van der Waals surface area contributed by atoms with Gasteiger partial charge in [0.1, 0.15) is 23.4 Å². The van der Waals surface area contributed by atoms with Gasteiger partial charge < -0.3 is 14.6 Å². The minimum Gasteiger partial charge on any atom is -0.477 e. The van der Waals surface area contributed by atoms with Crippen LogP contribution in [0, 0.1) is 6.92 Å². The molecule has 0 saturated heterocycles. The molecule has 0 spiro atoms. The zero-order valence-electron chi connectivity index (χ0n) is 17.8. The number of aryl methyl sites for hydroxylation is 1. The van der Waals surface area contributed by atoms with E-state index in [9.17, 15) is 4.79 Å². The highest BCUT2D eigenvalue weighted by Gasteiger charge is 2.20. The Hall–Kier alpha value is -4.08. The number of pyridine rings is 2. The number of carbonyl (C=O) groups excluding carboxylic acids is 1. The summed E-state index contributed by atoms with van der Waals surface area (Å²) in [6.07, 6.45) is 8.58. The summed E-state index contributed by atoms with van der Waals surface area (Å²) >= 11 is 0. The number of hydrogen-bond acceptors (Lipinski definition) is 7. The third-order valence-corrected chi connectivity index (χ3v) is 5.33. The van der Waals surface area contributed by atoms with Crippen molar-refractivity contribution in [2.45, 2.75) is 32.7 Å². The van der Waals surface area contributed by atoms with Crippen LogP contribution in [0.1, 0.15) is 41.7 Å². The predicted octanol–water partition coefficient (Wildman–Crippen LogP) is 3.22. The van der Waals surface area contributed by atoms with Gasteiger partial charge in [0.2, 0.25) is 5.88 Å². The van der Waals surface area contributed by atoms with Crippen molar-refractivity contribution in [3.05, 3.63) is 60.3 Å². The van der Waals surface area contributed by atoms with Crippen LogP contribution in [0.25, 0.3) is 17.2 Å². The minimum absolute atomic E-state index is 0.157. The van der Waals surface area contributed by atoms with E-state index in [0.29, 0.717) is 35.2 Å². The monoisotopic (exact) mass is 430 g/mol. The molecule has 4 aromatic heterocycles. The maximum atomic E-state index is 13.2. The summed E-state index contributed by atoms with van der Waals surface area (Å²) in [5.41, 5.74) is 2.63. The van der Waals surface area contributed by atoms with Crippen LogP contribution in [0.5, 0.6) is 5.88 Å². The van der Waals surface area contributed by atoms with E-state index >= 15 is 0 Å². The zero-order valence-corrected chi connectivity index (χ0v) is 17.8. The van der Waals surface area contributed by atoms with Gasteiger partial charge in [-0.05, 0) is 50.5 Å². The van der Waals surface area contributed by atoms with Crippen molar-refractivity contribution in [1.29, 1.82) is 0 Å². The summed E-state index contributed by atoms with van der Waals surface area (Å²) in [5.74, 6) is 0.971. The van der Waals surface area contributed by atoms with Crippen molar-refractivity contribution in [2.24, 2.45) is 0 Å². The fourth-order valence-electron chi connectivity index (χ4n) is 3.65. The van der Waals surface area contributed by atoms with Gasteiger partial charge in [-0.2, -0.15) is 5.10 Å². The Balaban J connectivity index is 1.55. The molecule has 1 aliphatic rings. The first kappa shape index (κ1) is 19.9. The first-order valence-corrected chi connectivity index (χ1v) is 10.4. The van der Waals surface area contributed by atoms with E-state index in [4.69, 9.17) is 4.74 Å². The molecular weight excluding hydrogens is 408 g/mol. The van der Waals surface area contributed by atoms with E-state index in [1.54, 1.807) is 35.5 Å².